The molecule has 2 atom stereocenters. The molecule has 1 fully saturated rings. The van der Waals surface area contributed by atoms with Crippen molar-refractivity contribution < 1.29 is 14.0 Å². The van der Waals surface area contributed by atoms with Crippen LogP contribution in [0.15, 0.2) is 48.7 Å². The van der Waals surface area contributed by atoms with E-state index in [1.807, 2.05) is 24.3 Å². The van der Waals surface area contributed by atoms with E-state index < -0.39 is 12.2 Å². The van der Waals surface area contributed by atoms with Gasteiger partial charge in [-0.25, -0.2) is 9.37 Å². The summed E-state index contributed by atoms with van der Waals surface area (Å²) in [5, 5.41) is 1.38. The van der Waals surface area contributed by atoms with E-state index in [1.54, 1.807) is 29.0 Å². The lowest BCUT2D eigenvalue weighted by Crippen LogP contribution is -2.34. The van der Waals surface area contributed by atoms with E-state index in [2.05, 4.69) is 9.97 Å². The predicted molar refractivity (Wildman–Crippen MR) is 117 cm³/mol. The van der Waals surface area contributed by atoms with Crippen LogP contribution in [-0.2, 0) is 11.3 Å². The summed E-state index contributed by atoms with van der Waals surface area (Å²) in [6.45, 7) is 1.54. The van der Waals surface area contributed by atoms with Crippen LogP contribution in [0.3, 0.4) is 0 Å². The Labute approximate surface area is 182 Å². The van der Waals surface area contributed by atoms with E-state index in [-0.39, 0.29) is 31.2 Å². The minimum absolute atomic E-state index is 0.0140. The second-order valence-corrected chi connectivity index (χ2v) is 8.36. The van der Waals surface area contributed by atoms with Crippen LogP contribution in [0.5, 0.6) is 0 Å². The van der Waals surface area contributed by atoms with Crippen molar-refractivity contribution in [1.29, 1.82) is 0 Å². The Morgan fingerprint density at radius 1 is 1.26 bits per heavy atom. The maximum Gasteiger partial charge on any atom is 0.243 e. The number of Topliss-reactive ketones (excluding diaryl/α,β-unsaturated/α-hetero) is 1. The number of carbonyl (C=O) groups is 2. The number of halogens is 2. The molecule has 158 valence electrons. The van der Waals surface area contributed by atoms with Crippen LogP contribution in [0.25, 0.3) is 21.9 Å². The molecule has 1 aliphatic rings. The first-order chi connectivity index (χ1) is 14.9. The fourth-order valence-electron chi connectivity index (χ4n) is 4.37. The maximum atomic E-state index is 14.4. The first kappa shape index (κ1) is 19.8. The highest BCUT2D eigenvalue weighted by Gasteiger charge is 2.38. The molecule has 2 unspecified atom stereocenters. The number of likely N-dealkylation sites (tertiary alicyclic amines) is 1. The summed E-state index contributed by atoms with van der Waals surface area (Å²) >= 11 is 6.05. The molecular formula is C23H20ClFN4O2. The number of carbonyl (C=O) groups excluding carboxylic acids is 2. The number of ketones is 1. The molecule has 1 amide bonds. The number of nitrogens with zero attached hydrogens (tertiary/aromatic N) is 3. The topological polar surface area (TPSA) is 71.0 Å². The van der Waals surface area contributed by atoms with E-state index in [0.717, 1.165) is 21.9 Å². The van der Waals surface area contributed by atoms with Crippen LogP contribution in [-0.4, -0.2) is 43.8 Å². The average Bonchev–Trinajstić information content (AvgIpc) is 3.42. The first-order valence-corrected chi connectivity index (χ1v) is 10.5. The van der Waals surface area contributed by atoms with Gasteiger partial charge in [-0.15, -0.1) is 0 Å². The van der Waals surface area contributed by atoms with Gasteiger partial charge in [0.05, 0.1) is 23.6 Å². The fraction of sp³-hybridized carbons (Fsp3) is 0.261. The van der Waals surface area contributed by atoms with Crippen molar-refractivity contribution in [2.24, 2.45) is 0 Å². The summed E-state index contributed by atoms with van der Waals surface area (Å²) in [6.07, 6.45) is 0.760. The lowest BCUT2D eigenvalue weighted by atomic mass is 10.1. The van der Waals surface area contributed by atoms with Crippen LogP contribution in [0.4, 0.5) is 4.39 Å². The zero-order chi connectivity index (χ0) is 21.7. The number of benzene rings is 2. The predicted octanol–water partition coefficient (Wildman–Crippen LogP) is 4.69. The Kier molecular flexibility index (Phi) is 4.78. The number of nitrogens with one attached hydrogen (secondary N) is 1. The highest BCUT2D eigenvalue weighted by molar-refractivity contribution is 6.31. The number of fused-ring (bicyclic) bond motifs is 2. The number of imidazole rings is 1. The zero-order valence-corrected chi connectivity index (χ0v) is 17.6. The Balaban J connectivity index is 1.46. The van der Waals surface area contributed by atoms with Gasteiger partial charge in [0, 0.05) is 34.1 Å². The summed E-state index contributed by atoms with van der Waals surface area (Å²) in [5.41, 5.74) is 2.84. The normalized spacial score (nSPS) is 18.9. The number of aromatic amines is 1. The molecule has 0 radical (unpaired) electrons. The standard InChI is InChI=1S/C23H20ClFN4O2/c1-13(30)17-11-28(20-5-3-2-4-16(17)20)12-22(31)29-10-15(25)9-21(29)23-26-18-7-6-14(24)8-19(18)27-23/h2-8,11,15,21H,9-10,12H2,1H3,(H,26,27). The molecular weight excluding hydrogens is 419 g/mol. The van der Waals surface area contributed by atoms with Gasteiger partial charge in [-0.05, 0) is 31.2 Å². The number of rotatable bonds is 4. The van der Waals surface area contributed by atoms with Gasteiger partial charge in [-0.1, -0.05) is 29.8 Å². The zero-order valence-electron chi connectivity index (χ0n) is 16.8. The Morgan fingerprint density at radius 3 is 2.87 bits per heavy atom. The van der Waals surface area contributed by atoms with E-state index in [1.165, 1.54) is 11.8 Å². The van der Waals surface area contributed by atoms with Crippen molar-refractivity contribution in [2.75, 3.05) is 6.54 Å². The number of amides is 1. The van der Waals surface area contributed by atoms with Crippen LogP contribution >= 0.6 is 11.6 Å². The van der Waals surface area contributed by atoms with Gasteiger partial charge >= 0.3 is 0 Å². The third-order valence-electron chi connectivity index (χ3n) is 5.82. The number of H-pyrrole nitrogens is 1. The van der Waals surface area contributed by atoms with Crippen molar-refractivity contribution in [2.45, 2.75) is 32.1 Å². The van der Waals surface area contributed by atoms with Crippen molar-refractivity contribution in [3.63, 3.8) is 0 Å². The largest absolute Gasteiger partial charge is 0.340 e. The van der Waals surface area contributed by atoms with E-state index in [9.17, 15) is 14.0 Å². The fourth-order valence-corrected chi connectivity index (χ4v) is 4.55. The molecule has 5 rings (SSSR count). The SMILES string of the molecule is CC(=O)c1cn(CC(=O)N2CC(F)CC2c2nc3ccc(Cl)cc3[nH]2)c2ccccc12. The molecule has 1 N–H and O–H groups in total. The minimum Gasteiger partial charge on any atom is -0.340 e. The maximum absolute atomic E-state index is 14.4. The van der Waals surface area contributed by atoms with Crippen molar-refractivity contribution in [3.05, 3.63) is 65.1 Å². The molecule has 31 heavy (non-hydrogen) atoms. The lowest BCUT2D eigenvalue weighted by Gasteiger charge is -2.23. The summed E-state index contributed by atoms with van der Waals surface area (Å²) in [5.74, 6) is 0.262. The third kappa shape index (κ3) is 3.49. The molecule has 6 nitrogen and oxygen atoms in total. The Bertz CT molecular complexity index is 1330. The second-order valence-electron chi connectivity index (χ2n) is 7.92. The smallest absolute Gasteiger partial charge is 0.243 e. The molecule has 8 heteroatoms. The minimum atomic E-state index is -1.13. The van der Waals surface area contributed by atoms with Gasteiger partial charge in [0.15, 0.2) is 5.78 Å². The van der Waals surface area contributed by atoms with Gasteiger partial charge in [0.2, 0.25) is 5.91 Å². The molecule has 1 saturated heterocycles. The monoisotopic (exact) mass is 438 g/mol. The van der Waals surface area contributed by atoms with Gasteiger partial charge in [0.1, 0.15) is 18.5 Å². The lowest BCUT2D eigenvalue weighted by molar-refractivity contribution is -0.133. The van der Waals surface area contributed by atoms with Crippen molar-refractivity contribution >= 4 is 45.2 Å². The molecule has 4 aromatic rings. The third-order valence-corrected chi connectivity index (χ3v) is 6.06. The summed E-state index contributed by atoms with van der Waals surface area (Å²) in [6, 6.07) is 12.3. The van der Waals surface area contributed by atoms with Crippen LogP contribution in [0, 0.1) is 0 Å². The number of alkyl halides is 1. The van der Waals surface area contributed by atoms with Crippen LogP contribution in [0.2, 0.25) is 5.02 Å². The molecule has 0 spiro atoms. The summed E-state index contributed by atoms with van der Waals surface area (Å²) < 4.78 is 16.1. The molecule has 0 saturated carbocycles. The molecule has 0 bridgehead atoms. The highest BCUT2D eigenvalue weighted by Crippen LogP contribution is 2.34. The highest BCUT2D eigenvalue weighted by atomic mass is 35.5. The second kappa shape index (κ2) is 7.50. The Morgan fingerprint density at radius 2 is 2.06 bits per heavy atom. The molecule has 2 aromatic carbocycles. The number of hydrogen-bond acceptors (Lipinski definition) is 3. The average molecular weight is 439 g/mol. The molecule has 3 heterocycles. The molecule has 0 aliphatic carbocycles. The molecule has 1 aliphatic heterocycles. The summed E-state index contributed by atoms with van der Waals surface area (Å²) in [7, 11) is 0. The molecule has 2 aromatic heterocycles. The number of para-hydroxylation sites is 1. The quantitative estimate of drug-likeness (QED) is 0.470. The number of hydrogen-bond donors (Lipinski definition) is 1. The summed E-state index contributed by atoms with van der Waals surface area (Å²) in [4.78, 5) is 34.5. The van der Waals surface area contributed by atoms with Crippen molar-refractivity contribution in [3.8, 4) is 0 Å². The van der Waals surface area contributed by atoms with E-state index >= 15 is 0 Å². The Hall–Kier alpha value is -3.19. The van der Waals surface area contributed by atoms with Gasteiger partial charge in [0.25, 0.3) is 0 Å². The van der Waals surface area contributed by atoms with Gasteiger partial charge < -0.3 is 14.5 Å². The van der Waals surface area contributed by atoms with Crippen molar-refractivity contribution in [1.82, 2.24) is 19.4 Å². The van der Waals surface area contributed by atoms with Gasteiger partial charge in [-0.3, -0.25) is 9.59 Å². The van der Waals surface area contributed by atoms with E-state index in [4.69, 9.17) is 11.6 Å². The first-order valence-electron chi connectivity index (χ1n) is 10.1. The van der Waals surface area contributed by atoms with Crippen LogP contribution < -0.4 is 0 Å². The van der Waals surface area contributed by atoms with E-state index in [0.29, 0.717) is 16.4 Å². The number of aromatic nitrogens is 3. The van der Waals surface area contributed by atoms with Crippen LogP contribution in [0.1, 0.15) is 35.6 Å². The van der Waals surface area contributed by atoms with Gasteiger partial charge in [-0.2, -0.15) is 0 Å².